The van der Waals surface area contributed by atoms with Crippen molar-refractivity contribution in [2.24, 2.45) is 0 Å². The molecule has 166 valence electrons. The third-order valence-electron chi connectivity index (χ3n) is 6.35. The van der Waals surface area contributed by atoms with Gasteiger partial charge in [-0.05, 0) is 49.9 Å². The molecule has 0 saturated heterocycles. The molecule has 1 aliphatic carbocycles. The summed E-state index contributed by atoms with van der Waals surface area (Å²) in [6.07, 6.45) is 6.97. The maximum atomic E-state index is 14.9. The number of rotatable bonds is 6. The van der Waals surface area contributed by atoms with Gasteiger partial charge in [0.1, 0.15) is 17.5 Å². The van der Waals surface area contributed by atoms with E-state index in [9.17, 15) is 9.18 Å². The molecule has 0 radical (unpaired) electrons. The van der Waals surface area contributed by atoms with E-state index in [4.69, 9.17) is 0 Å². The minimum atomic E-state index is -0.909. The van der Waals surface area contributed by atoms with Crippen LogP contribution in [0.5, 0.6) is 0 Å². The van der Waals surface area contributed by atoms with Gasteiger partial charge < -0.3 is 20.0 Å². The summed E-state index contributed by atoms with van der Waals surface area (Å²) >= 11 is 0. The summed E-state index contributed by atoms with van der Waals surface area (Å²) in [7, 11) is 0. The summed E-state index contributed by atoms with van der Waals surface area (Å²) in [5, 5.41) is 6.88. The van der Waals surface area contributed by atoms with Crippen molar-refractivity contribution in [2.75, 3.05) is 0 Å². The van der Waals surface area contributed by atoms with Gasteiger partial charge in [-0.1, -0.05) is 12.1 Å². The number of fused-ring (bicyclic) bond motifs is 2. The standard InChI is InChI=1S/C24H27FN6O/c1-15-24(32)30-22-11-16(4-6-21(22)29-15)13-28-20-7-5-18(12-19(20)25)27-14-17-3-2-9-31-10-8-26-23(17)31/h2-4,6,8-11,18-20,27-28H,5,7,12-14H2,1H3,(H,30,32)/t18-,19+,20-/m0/s1. The van der Waals surface area contributed by atoms with Gasteiger partial charge in [-0.2, -0.15) is 0 Å². The molecule has 0 spiro atoms. The fraction of sp³-hybridized carbons (Fsp3) is 0.375. The number of pyridine rings is 1. The second kappa shape index (κ2) is 8.80. The van der Waals surface area contributed by atoms with Crippen molar-refractivity contribution in [3.8, 4) is 0 Å². The van der Waals surface area contributed by atoms with Crippen LogP contribution >= 0.6 is 0 Å². The number of aromatic nitrogens is 4. The minimum absolute atomic E-state index is 0.151. The highest BCUT2D eigenvalue weighted by Crippen LogP contribution is 2.23. The minimum Gasteiger partial charge on any atom is -0.319 e. The molecule has 1 saturated carbocycles. The number of nitrogens with zero attached hydrogens (tertiary/aromatic N) is 3. The van der Waals surface area contributed by atoms with Crippen molar-refractivity contribution in [3.63, 3.8) is 0 Å². The molecule has 0 aliphatic heterocycles. The molecule has 3 atom stereocenters. The molecule has 0 unspecified atom stereocenters. The van der Waals surface area contributed by atoms with Crippen LogP contribution in [0.4, 0.5) is 4.39 Å². The molecule has 5 rings (SSSR count). The smallest absolute Gasteiger partial charge is 0.269 e. The number of nitrogens with one attached hydrogen (secondary N) is 3. The van der Waals surface area contributed by atoms with Crippen molar-refractivity contribution >= 4 is 16.7 Å². The Bertz CT molecular complexity index is 1300. The lowest BCUT2D eigenvalue weighted by molar-refractivity contribution is 0.160. The predicted molar refractivity (Wildman–Crippen MR) is 122 cm³/mol. The maximum absolute atomic E-state index is 14.9. The van der Waals surface area contributed by atoms with E-state index in [1.807, 2.05) is 41.1 Å². The Balaban J connectivity index is 1.15. The molecule has 1 aromatic carbocycles. The normalized spacial score (nSPS) is 21.4. The summed E-state index contributed by atoms with van der Waals surface area (Å²) in [5.41, 5.74) is 4.79. The summed E-state index contributed by atoms with van der Waals surface area (Å²) in [5.74, 6) is 0. The number of hydrogen-bond donors (Lipinski definition) is 3. The Morgan fingerprint density at radius 2 is 2.09 bits per heavy atom. The van der Waals surface area contributed by atoms with Crippen LogP contribution in [0.3, 0.4) is 0 Å². The Labute approximate surface area is 185 Å². The van der Waals surface area contributed by atoms with Gasteiger partial charge in [0.15, 0.2) is 0 Å². The number of benzene rings is 1. The molecular formula is C24H27FN6O. The van der Waals surface area contributed by atoms with Crippen LogP contribution in [-0.2, 0) is 13.1 Å². The van der Waals surface area contributed by atoms with E-state index in [1.165, 1.54) is 0 Å². The lowest BCUT2D eigenvalue weighted by Crippen LogP contribution is -2.46. The van der Waals surface area contributed by atoms with Gasteiger partial charge in [-0.3, -0.25) is 4.79 Å². The number of H-pyrrole nitrogens is 1. The Kier molecular flexibility index (Phi) is 5.71. The van der Waals surface area contributed by atoms with E-state index in [2.05, 4.69) is 31.7 Å². The number of alkyl halides is 1. The highest BCUT2D eigenvalue weighted by molar-refractivity contribution is 5.74. The average molecular weight is 435 g/mol. The first-order chi connectivity index (χ1) is 15.6. The molecule has 8 heteroatoms. The summed E-state index contributed by atoms with van der Waals surface area (Å²) in [6, 6.07) is 9.81. The molecule has 7 nitrogen and oxygen atoms in total. The van der Waals surface area contributed by atoms with E-state index >= 15 is 0 Å². The van der Waals surface area contributed by atoms with Crippen LogP contribution in [0.2, 0.25) is 0 Å². The molecule has 3 heterocycles. The molecule has 1 fully saturated rings. The topological polar surface area (TPSA) is 87.1 Å². The number of hydrogen-bond acceptors (Lipinski definition) is 5. The highest BCUT2D eigenvalue weighted by Gasteiger charge is 2.30. The molecule has 4 aromatic rings. The third-order valence-corrected chi connectivity index (χ3v) is 6.35. The largest absolute Gasteiger partial charge is 0.319 e. The van der Waals surface area contributed by atoms with Gasteiger partial charge in [0.2, 0.25) is 0 Å². The van der Waals surface area contributed by atoms with Crippen molar-refractivity contribution < 1.29 is 4.39 Å². The molecule has 0 amide bonds. The maximum Gasteiger partial charge on any atom is 0.269 e. The Hall–Kier alpha value is -3.10. The van der Waals surface area contributed by atoms with Gasteiger partial charge in [-0.15, -0.1) is 0 Å². The summed E-state index contributed by atoms with van der Waals surface area (Å²) < 4.78 is 16.9. The first kappa shape index (κ1) is 20.8. The van der Waals surface area contributed by atoms with Crippen LogP contribution in [-0.4, -0.2) is 37.6 Å². The zero-order chi connectivity index (χ0) is 22.1. The first-order valence-electron chi connectivity index (χ1n) is 11.1. The number of aromatic amines is 1. The lowest BCUT2D eigenvalue weighted by atomic mass is 9.89. The number of aryl methyl sites for hydroxylation is 1. The monoisotopic (exact) mass is 434 g/mol. The highest BCUT2D eigenvalue weighted by atomic mass is 19.1. The SMILES string of the molecule is Cc1nc2ccc(CN[C@H]3CC[C@H](NCc4cccn5ccnc45)C[C@H]3F)cc2[nH]c1=O. The molecule has 3 aromatic heterocycles. The predicted octanol–water partition coefficient (Wildman–Crippen LogP) is 3.02. The van der Waals surface area contributed by atoms with Gasteiger partial charge in [0.05, 0.1) is 11.0 Å². The second-order valence-electron chi connectivity index (χ2n) is 8.59. The molecule has 1 aliphatic rings. The zero-order valence-corrected chi connectivity index (χ0v) is 18.0. The quantitative estimate of drug-likeness (QED) is 0.434. The number of imidazole rings is 1. The van der Waals surface area contributed by atoms with Gasteiger partial charge in [0, 0.05) is 49.3 Å². The molecule has 32 heavy (non-hydrogen) atoms. The van der Waals surface area contributed by atoms with Crippen molar-refractivity contribution in [3.05, 3.63) is 76.1 Å². The van der Waals surface area contributed by atoms with Crippen LogP contribution in [0.15, 0.2) is 53.7 Å². The molecular weight excluding hydrogens is 407 g/mol. The Morgan fingerprint density at radius 3 is 2.97 bits per heavy atom. The van der Waals surface area contributed by atoms with E-state index < -0.39 is 6.17 Å². The van der Waals surface area contributed by atoms with Gasteiger partial charge >= 0.3 is 0 Å². The van der Waals surface area contributed by atoms with Crippen molar-refractivity contribution in [1.29, 1.82) is 0 Å². The zero-order valence-electron chi connectivity index (χ0n) is 18.0. The van der Waals surface area contributed by atoms with E-state index in [0.717, 1.165) is 35.1 Å². The molecule has 0 bridgehead atoms. The second-order valence-corrected chi connectivity index (χ2v) is 8.59. The lowest BCUT2D eigenvalue weighted by Gasteiger charge is -2.33. The molecule has 3 N–H and O–H groups in total. The van der Waals surface area contributed by atoms with E-state index in [0.29, 0.717) is 30.7 Å². The van der Waals surface area contributed by atoms with Crippen molar-refractivity contribution in [2.45, 2.75) is 57.5 Å². The van der Waals surface area contributed by atoms with Gasteiger partial charge in [0.25, 0.3) is 5.56 Å². The summed E-state index contributed by atoms with van der Waals surface area (Å²) in [4.78, 5) is 23.4. The van der Waals surface area contributed by atoms with Crippen LogP contribution in [0, 0.1) is 6.92 Å². The fourth-order valence-corrected chi connectivity index (χ4v) is 4.52. The van der Waals surface area contributed by atoms with E-state index in [-0.39, 0.29) is 17.6 Å². The van der Waals surface area contributed by atoms with Crippen LogP contribution in [0.1, 0.15) is 36.1 Å². The van der Waals surface area contributed by atoms with Gasteiger partial charge in [-0.25, -0.2) is 14.4 Å². The van der Waals surface area contributed by atoms with Crippen LogP contribution in [0.25, 0.3) is 16.7 Å². The average Bonchev–Trinajstić information content (AvgIpc) is 3.27. The fourth-order valence-electron chi connectivity index (χ4n) is 4.52. The first-order valence-corrected chi connectivity index (χ1v) is 11.1. The summed E-state index contributed by atoms with van der Waals surface area (Å²) in [6.45, 7) is 2.93. The van der Waals surface area contributed by atoms with E-state index in [1.54, 1.807) is 13.1 Å². The number of halogens is 1. The van der Waals surface area contributed by atoms with Crippen molar-refractivity contribution in [1.82, 2.24) is 30.0 Å². The third kappa shape index (κ3) is 4.28. The van der Waals surface area contributed by atoms with Crippen LogP contribution < -0.4 is 16.2 Å². The Morgan fingerprint density at radius 1 is 1.19 bits per heavy atom.